The molecule has 1 aliphatic heterocycles. The van der Waals surface area contributed by atoms with Crippen LogP contribution in [0.15, 0.2) is 12.1 Å². The summed E-state index contributed by atoms with van der Waals surface area (Å²) >= 11 is 1.67. The van der Waals surface area contributed by atoms with E-state index in [0.29, 0.717) is 5.78 Å². The molecule has 0 spiro atoms. The van der Waals surface area contributed by atoms with E-state index in [0.717, 1.165) is 36.3 Å². The van der Waals surface area contributed by atoms with Crippen LogP contribution in [0.3, 0.4) is 0 Å². The third-order valence-electron chi connectivity index (χ3n) is 4.51. The molecule has 2 nitrogen and oxygen atoms in total. The van der Waals surface area contributed by atoms with Crippen molar-refractivity contribution in [3.63, 3.8) is 0 Å². The minimum Gasteiger partial charge on any atom is -0.302 e. The second-order valence-electron chi connectivity index (χ2n) is 8.34. The van der Waals surface area contributed by atoms with Crippen molar-refractivity contribution < 1.29 is 4.79 Å². The van der Waals surface area contributed by atoms with Crippen LogP contribution in [-0.4, -0.2) is 30.3 Å². The van der Waals surface area contributed by atoms with E-state index >= 15 is 0 Å². The van der Waals surface area contributed by atoms with Crippen molar-refractivity contribution in [3.8, 4) is 0 Å². The second kappa shape index (κ2) is 6.84. The van der Waals surface area contributed by atoms with E-state index < -0.39 is 0 Å². The van der Waals surface area contributed by atoms with E-state index in [2.05, 4.69) is 52.5 Å². The van der Waals surface area contributed by atoms with Crippen molar-refractivity contribution in [3.05, 3.63) is 21.9 Å². The lowest BCUT2D eigenvalue weighted by Gasteiger charge is -2.36. The molecule has 3 atom stereocenters. The van der Waals surface area contributed by atoms with Gasteiger partial charge in [-0.3, -0.25) is 4.79 Å². The first-order chi connectivity index (χ1) is 10.2. The number of piperidine rings is 1. The Morgan fingerprint density at radius 3 is 2.36 bits per heavy atom. The molecule has 3 unspecified atom stereocenters. The normalized spacial score (nSPS) is 25.2. The van der Waals surface area contributed by atoms with E-state index in [1.165, 1.54) is 11.3 Å². The van der Waals surface area contributed by atoms with Crippen LogP contribution in [0.2, 0.25) is 0 Å². The Kier molecular flexibility index (Phi) is 5.50. The van der Waals surface area contributed by atoms with Gasteiger partial charge in [0.25, 0.3) is 0 Å². The Balaban J connectivity index is 1.98. The van der Waals surface area contributed by atoms with Gasteiger partial charge in [0, 0.05) is 30.4 Å². The second-order valence-corrected chi connectivity index (χ2v) is 9.43. The number of hydrogen-bond donors (Lipinski definition) is 0. The van der Waals surface area contributed by atoms with E-state index in [-0.39, 0.29) is 11.3 Å². The van der Waals surface area contributed by atoms with Crippen molar-refractivity contribution >= 4 is 17.1 Å². The zero-order valence-electron chi connectivity index (χ0n) is 15.0. The SMILES string of the molecule is CC1CC(C)CN(CC(C)C(=O)c2ccc(C(C)(C)C)s2)C1. The number of carbonyl (C=O) groups is 1. The predicted octanol–water partition coefficient (Wildman–Crippen LogP) is 4.84. The van der Waals surface area contributed by atoms with Crippen molar-refractivity contribution in [2.24, 2.45) is 17.8 Å². The predicted molar refractivity (Wildman–Crippen MR) is 95.9 cm³/mol. The van der Waals surface area contributed by atoms with Crippen LogP contribution < -0.4 is 0 Å². The monoisotopic (exact) mass is 321 g/mol. The summed E-state index contributed by atoms with van der Waals surface area (Å²) in [6.07, 6.45) is 1.32. The Bertz CT molecular complexity index is 504. The maximum Gasteiger partial charge on any atom is 0.176 e. The number of thiophene rings is 1. The summed E-state index contributed by atoms with van der Waals surface area (Å²) in [5, 5.41) is 0. The Hall–Kier alpha value is -0.670. The molecule has 0 aliphatic carbocycles. The van der Waals surface area contributed by atoms with Gasteiger partial charge in [0.05, 0.1) is 4.88 Å². The topological polar surface area (TPSA) is 20.3 Å². The fourth-order valence-corrected chi connectivity index (χ4v) is 4.64. The first-order valence-corrected chi connectivity index (χ1v) is 9.35. The molecule has 22 heavy (non-hydrogen) atoms. The summed E-state index contributed by atoms with van der Waals surface area (Å²) in [5.41, 5.74) is 0.129. The van der Waals surface area contributed by atoms with Crippen LogP contribution in [0.25, 0.3) is 0 Å². The van der Waals surface area contributed by atoms with E-state index in [4.69, 9.17) is 0 Å². The van der Waals surface area contributed by atoms with Gasteiger partial charge in [0.1, 0.15) is 0 Å². The molecule has 1 aliphatic rings. The maximum atomic E-state index is 12.7. The lowest BCUT2D eigenvalue weighted by atomic mass is 9.91. The number of likely N-dealkylation sites (tertiary alicyclic amines) is 1. The number of nitrogens with zero attached hydrogens (tertiary/aromatic N) is 1. The van der Waals surface area contributed by atoms with Gasteiger partial charge in [0.2, 0.25) is 0 Å². The molecule has 1 fully saturated rings. The highest BCUT2D eigenvalue weighted by Crippen LogP contribution is 2.31. The first-order valence-electron chi connectivity index (χ1n) is 8.53. The molecule has 0 aromatic carbocycles. The molecule has 1 aromatic rings. The fourth-order valence-electron chi connectivity index (χ4n) is 3.53. The van der Waals surface area contributed by atoms with Crippen LogP contribution >= 0.6 is 11.3 Å². The van der Waals surface area contributed by atoms with E-state index in [9.17, 15) is 4.79 Å². The summed E-state index contributed by atoms with van der Waals surface area (Å²) in [4.78, 5) is 17.4. The van der Waals surface area contributed by atoms with Crippen LogP contribution in [0.1, 0.15) is 62.5 Å². The van der Waals surface area contributed by atoms with Gasteiger partial charge >= 0.3 is 0 Å². The summed E-state index contributed by atoms with van der Waals surface area (Å²) in [6.45, 7) is 16.5. The molecule has 2 rings (SSSR count). The van der Waals surface area contributed by atoms with Crippen LogP contribution in [0, 0.1) is 17.8 Å². The van der Waals surface area contributed by atoms with Gasteiger partial charge < -0.3 is 4.90 Å². The highest BCUT2D eigenvalue weighted by atomic mass is 32.1. The summed E-state index contributed by atoms with van der Waals surface area (Å²) < 4.78 is 0. The van der Waals surface area contributed by atoms with Gasteiger partial charge in [-0.15, -0.1) is 11.3 Å². The molecule has 0 N–H and O–H groups in total. The number of rotatable bonds is 4. The van der Waals surface area contributed by atoms with Crippen molar-refractivity contribution in [2.75, 3.05) is 19.6 Å². The Morgan fingerprint density at radius 1 is 1.27 bits per heavy atom. The highest BCUT2D eigenvalue weighted by molar-refractivity contribution is 7.14. The molecule has 1 aromatic heterocycles. The number of hydrogen-bond acceptors (Lipinski definition) is 3. The van der Waals surface area contributed by atoms with Crippen molar-refractivity contribution in [1.29, 1.82) is 0 Å². The first kappa shape index (κ1) is 17.7. The summed E-state index contributed by atoms with van der Waals surface area (Å²) in [5.74, 6) is 1.90. The quantitative estimate of drug-likeness (QED) is 0.739. The largest absolute Gasteiger partial charge is 0.302 e. The third kappa shape index (κ3) is 4.42. The lowest BCUT2D eigenvalue weighted by molar-refractivity contribution is 0.0832. The van der Waals surface area contributed by atoms with Gasteiger partial charge in [-0.2, -0.15) is 0 Å². The average molecular weight is 322 g/mol. The smallest absolute Gasteiger partial charge is 0.176 e. The summed E-state index contributed by atoms with van der Waals surface area (Å²) in [7, 11) is 0. The van der Waals surface area contributed by atoms with Crippen LogP contribution in [0.5, 0.6) is 0 Å². The van der Waals surface area contributed by atoms with E-state index in [1.54, 1.807) is 11.3 Å². The standard InChI is InChI=1S/C19H31NOS/c1-13-9-14(2)11-20(10-13)12-15(3)18(21)16-7-8-17(22-16)19(4,5)6/h7-8,13-15H,9-12H2,1-6H3. The molecule has 124 valence electrons. The van der Waals surface area contributed by atoms with Gasteiger partial charge in [-0.1, -0.05) is 41.5 Å². The maximum absolute atomic E-state index is 12.7. The third-order valence-corrected chi connectivity index (χ3v) is 6.04. The van der Waals surface area contributed by atoms with Crippen LogP contribution in [-0.2, 0) is 5.41 Å². The molecule has 0 amide bonds. The molecule has 2 heterocycles. The molecule has 0 bridgehead atoms. The number of Topliss-reactive ketones (excluding diaryl/α,β-unsaturated/α-hetero) is 1. The molecular weight excluding hydrogens is 290 g/mol. The summed E-state index contributed by atoms with van der Waals surface area (Å²) in [6, 6.07) is 4.14. The van der Waals surface area contributed by atoms with E-state index in [1.807, 2.05) is 6.07 Å². The number of carbonyl (C=O) groups excluding carboxylic acids is 1. The van der Waals surface area contributed by atoms with Gasteiger partial charge in [-0.05, 0) is 35.8 Å². The zero-order chi connectivity index (χ0) is 16.5. The minimum absolute atomic E-state index is 0.0870. The van der Waals surface area contributed by atoms with Crippen molar-refractivity contribution in [2.45, 2.75) is 53.4 Å². The molecule has 3 heteroatoms. The van der Waals surface area contributed by atoms with Gasteiger partial charge in [-0.25, -0.2) is 0 Å². The van der Waals surface area contributed by atoms with Crippen molar-refractivity contribution in [1.82, 2.24) is 4.90 Å². The average Bonchev–Trinajstić information content (AvgIpc) is 2.85. The minimum atomic E-state index is 0.0870. The van der Waals surface area contributed by atoms with Gasteiger partial charge in [0.15, 0.2) is 5.78 Å². The fraction of sp³-hybridized carbons (Fsp3) is 0.737. The Morgan fingerprint density at radius 2 is 1.86 bits per heavy atom. The molecule has 1 saturated heterocycles. The highest BCUT2D eigenvalue weighted by Gasteiger charge is 2.26. The number of ketones is 1. The molecular formula is C19H31NOS. The zero-order valence-corrected chi connectivity index (χ0v) is 15.8. The molecule has 0 saturated carbocycles. The lowest BCUT2D eigenvalue weighted by Crippen LogP contribution is -2.42. The molecule has 0 radical (unpaired) electrons. The Labute approximate surface area is 139 Å². The van der Waals surface area contributed by atoms with Crippen LogP contribution in [0.4, 0.5) is 0 Å².